The molecule has 2 atom stereocenters. The molecular formula is C26H22N4O3S. The Labute approximate surface area is 202 Å². The van der Waals surface area contributed by atoms with E-state index in [1.165, 1.54) is 7.11 Å². The molecule has 0 saturated carbocycles. The van der Waals surface area contributed by atoms with E-state index < -0.39 is 0 Å². The molecular weight excluding hydrogens is 448 g/mol. The van der Waals surface area contributed by atoms with Gasteiger partial charge in [-0.25, -0.2) is 4.79 Å². The number of aromatic nitrogens is 2. The van der Waals surface area contributed by atoms with Gasteiger partial charge in [-0.2, -0.15) is 0 Å². The second kappa shape index (κ2) is 9.44. The molecule has 0 unspecified atom stereocenters. The fourth-order valence-corrected chi connectivity index (χ4v) is 4.43. The molecule has 4 aromatic rings. The number of methoxy groups -OCH3 is 1. The number of hydrogen-bond donors (Lipinski definition) is 1. The first-order valence-corrected chi connectivity index (χ1v) is 11.2. The first-order chi connectivity index (χ1) is 16.6. The Bertz CT molecular complexity index is 1290. The number of nitrogens with zero attached hydrogens (tertiary/aromatic N) is 3. The van der Waals surface area contributed by atoms with Crippen LogP contribution in [-0.4, -0.2) is 33.1 Å². The predicted octanol–water partition coefficient (Wildman–Crippen LogP) is 4.70. The van der Waals surface area contributed by atoms with Crippen LogP contribution in [0, 0.1) is 0 Å². The number of thiocarbonyl (C=S) groups is 1. The van der Waals surface area contributed by atoms with Gasteiger partial charge in [0.05, 0.1) is 24.4 Å². The van der Waals surface area contributed by atoms with E-state index in [-0.39, 0.29) is 18.1 Å². The van der Waals surface area contributed by atoms with E-state index in [0.717, 1.165) is 22.6 Å². The lowest BCUT2D eigenvalue weighted by Gasteiger charge is -2.26. The SMILES string of the molecule is COC(=O)c1ccc(-c2ccc([C@@H]3[C@H](c4ccccn4)NC(=S)N3Cc3cccnc3)o2)cc1. The minimum Gasteiger partial charge on any atom is -0.465 e. The van der Waals surface area contributed by atoms with Crippen LogP contribution in [0.4, 0.5) is 0 Å². The number of pyridine rings is 2. The van der Waals surface area contributed by atoms with Crippen molar-refractivity contribution in [1.82, 2.24) is 20.2 Å². The molecule has 0 radical (unpaired) electrons. The smallest absolute Gasteiger partial charge is 0.337 e. The Hall–Kier alpha value is -4.04. The highest BCUT2D eigenvalue weighted by Gasteiger charge is 2.41. The normalized spacial score (nSPS) is 17.4. The highest BCUT2D eigenvalue weighted by molar-refractivity contribution is 7.80. The number of benzene rings is 1. The molecule has 170 valence electrons. The third-order valence-electron chi connectivity index (χ3n) is 5.78. The van der Waals surface area contributed by atoms with Crippen LogP contribution in [0.2, 0.25) is 0 Å². The third kappa shape index (κ3) is 4.27. The summed E-state index contributed by atoms with van der Waals surface area (Å²) in [6.07, 6.45) is 5.37. The molecule has 4 heterocycles. The lowest BCUT2D eigenvalue weighted by atomic mass is 10.0. The summed E-state index contributed by atoms with van der Waals surface area (Å²) in [6.45, 7) is 0.581. The van der Waals surface area contributed by atoms with E-state index in [2.05, 4.69) is 20.2 Å². The summed E-state index contributed by atoms with van der Waals surface area (Å²) >= 11 is 5.73. The third-order valence-corrected chi connectivity index (χ3v) is 6.13. The molecule has 5 rings (SSSR count). The van der Waals surface area contributed by atoms with E-state index in [9.17, 15) is 4.79 Å². The van der Waals surface area contributed by atoms with Crippen molar-refractivity contribution in [1.29, 1.82) is 0 Å². The van der Waals surface area contributed by atoms with Gasteiger partial charge in [0, 0.05) is 30.7 Å². The zero-order chi connectivity index (χ0) is 23.5. The van der Waals surface area contributed by atoms with E-state index in [1.54, 1.807) is 24.5 Å². The summed E-state index contributed by atoms with van der Waals surface area (Å²) < 4.78 is 11.1. The molecule has 1 N–H and O–H groups in total. The average molecular weight is 471 g/mol. The second-order valence-corrected chi connectivity index (χ2v) is 8.27. The lowest BCUT2D eigenvalue weighted by molar-refractivity contribution is 0.0600. The highest BCUT2D eigenvalue weighted by atomic mass is 32.1. The number of hydrogen-bond acceptors (Lipinski definition) is 6. The molecule has 0 spiro atoms. The van der Waals surface area contributed by atoms with Crippen molar-refractivity contribution in [2.75, 3.05) is 7.11 Å². The maximum atomic E-state index is 11.7. The molecule has 0 aliphatic carbocycles. The Morgan fingerprint density at radius 1 is 1.09 bits per heavy atom. The van der Waals surface area contributed by atoms with Crippen molar-refractivity contribution in [3.63, 3.8) is 0 Å². The number of furan rings is 1. The molecule has 1 saturated heterocycles. The van der Waals surface area contributed by atoms with Gasteiger partial charge in [0.2, 0.25) is 0 Å². The zero-order valence-corrected chi connectivity index (χ0v) is 19.2. The molecule has 0 bridgehead atoms. The van der Waals surface area contributed by atoms with Crippen molar-refractivity contribution in [3.8, 4) is 11.3 Å². The molecule has 3 aromatic heterocycles. The van der Waals surface area contributed by atoms with E-state index in [0.29, 0.717) is 23.0 Å². The molecule has 1 aromatic carbocycles. The number of ether oxygens (including phenoxy) is 1. The van der Waals surface area contributed by atoms with Gasteiger partial charge in [-0.3, -0.25) is 9.97 Å². The van der Waals surface area contributed by atoms with E-state index >= 15 is 0 Å². The van der Waals surface area contributed by atoms with Gasteiger partial charge in [-0.1, -0.05) is 24.3 Å². The molecule has 8 heteroatoms. The largest absolute Gasteiger partial charge is 0.465 e. The van der Waals surface area contributed by atoms with Crippen molar-refractivity contribution in [2.24, 2.45) is 0 Å². The summed E-state index contributed by atoms with van der Waals surface area (Å²) in [5.74, 6) is 1.09. The molecule has 0 amide bonds. The lowest BCUT2D eigenvalue weighted by Crippen LogP contribution is -2.29. The number of nitrogens with one attached hydrogen (secondary N) is 1. The summed E-state index contributed by atoms with van der Waals surface area (Å²) in [4.78, 5) is 22.7. The van der Waals surface area contributed by atoms with Gasteiger partial charge < -0.3 is 19.4 Å². The fraction of sp³-hybridized carbons (Fsp3) is 0.154. The Balaban J connectivity index is 1.49. The minimum atomic E-state index is -0.374. The average Bonchev–Trinajstić information content (AvgIpc) is 3.50. The topological polar surface area (TPSA) is 80.5 Å². The van der Waals surface area contributed by atoms with Crippen molar-refractivity contribution in [2.45, 2.75) is 18.6 Å². The zero-order valence-electron chi connectivity index (χ0n) is 18.4. The molecule has 7 nitrogen and oxygen atoms in total. The van der Waals surface area contributed by atoms with Crippen LogP contribution >= 0.6 is 12.2 Å². The first kappa shape index (κ1) is 21.8. The minimum absolute atomic E-state index is 0.175. The Kier molecular flexibility index (Phi) is 6.05. The Morgan fingerprint density at radius 3 is 2.65 bits per heavy atom. The van der Waals surface area contributed by atoms with Crippen molar-refractivity contribution < 1.29 is 13.9 Å². The van der Waals surface area contributed by atoms with Crippen molar-refractivity contribution >= 4 is 23.3 Å². The monoisotopic (exact) mass is 470 g/mol. The maximum absolute atomic E-state index is 11.7. The number of carbonyl (C=O) groups excluding carboxylic acids is 1. The standard InChI is InChI=1S/C26H22N4O3S/c1-32-25(31)19-9-7-18(8-10-19)21-11-12-22(33-21)24-23(20-6-2-3-14-28-20)29-26(34)30(24)16-17-5-4-13-27-15-17/h2-15,23-24H,16H2,1H3,(H,29,34)/t23-,24+/m0/s1. The summed E-state index contributed by atoms with van der Waals surface area (Å²) in [6, 6.07) is 20.4. The second-order valence-electron chi connectivity index (χ2n) is 7.89. The van der Waals surface area contributed by atoms with E-state index in [4.69, 9.17) is 21.4 Å². The van der Waals surface area contributed by atoms with Crippen LogP contribution < -0.4 is 5.32 Å². The van der Waals surface area contributed by atoms with Gasteiger partial charge in [-0.15, -0.1) is 0 Å². The van der Waals surface area contributed by atoms with Crippen molar-refractivity contribution in [3.05, 3.63) is 108 Å². The van der Waals surface area contributed by atoms with Crippen LogP contribution in [0.25, 0.3) is 11.3 Å². The van der Waals surface area contributed by atoms with Crippen LogP contribution in [0.1, 0.15) is 39.5 Å². The summed E-state index contributed by atoms with van der Waals surface area (Å²) in [7, 11) is 1.37. The first-order valence-electron chi connectivity index (χ1n) is 10.8. The van der Waals surface area contributed by atoms with Gasteiger partial charge >= 0.3 is 5.97 Å². The van der Waals surface area contributed by atoms with Crippen LogP contribution in [0.3, 0.4) is 0 Å². The summed E-state index contributed by atoms with van der Waals surface area (Å²) in [5, 5.41) is 4.06. The highest BCUT2D eigenvalue weighted by Crippen LogP contribution is 2.41. The predicted molar refractivity (Wildman–Crippen MR) is 131 cm³/mol. The van der Waals surface area contributed by atoms with Gasteiger partial charge in [0.25, 0.3) is 0 Å². The Morgan fingerprint density at radius 2 is 1.94 bits per heavy atom. The molecule has 1 aliphatic heterocycles. The molecule has 1 fully saturated rings. The van der Waals surface area contributed by atoms with Crippen LogP contribution in [0.5, 0.6) is 0 Å². The quantitative estimate of drug-likeness (QED) is 0.321. The number of esters is 1. The number of rotatable bonds is 6. The summed E-state index contributed by atoms with van der Waals surface area (Å²) in [5.41, 5.74) is 3.27. The maximum Gasteiger partial charge on any atom is 0.337 e. The molecule has 1 aliphatic rings. The van der Waals surface area contributed by atoms with Gasteiger partial charge in [0.15, 0.2) is 5.11 Å². The number of carbonyl (C=O) groups is 1. The van der Waals surface area contributed by atoms with Crippen LogP contribution in [0.15, 0.2) is 89.7 Å². The van der Waals surface area contributed by atoms with E-state index in [1.807, 2.05) is 60.8 Å². The van der Waals surface area contributed by atoms with Gasteiger partial charge in [0.1, 0.15) is 17.6 Å². The fourth-order valence-electron chi connectivity index (χ4n) is 4.13. The van der Waals surface area contributed by atoms with Gasteiger partial charge in [-0.05, 0) is 60.2 Å². The van der Waals surface area contributed by atoms with Crippen LogP contribution in [-0.2, 0) is 11.3 Å². The molecule has 34 heavy (non-hydrogen) atoms.